The van der Waals surface area contributed by atoms with Crippen molar-refractivity contribution in [2.24, 2.45) is 4.99 Å². The number of hydrogen-bond donors (Lipinski definition) is 1. The number of ether oxygens (including phenoxy) is 1. The molecule has 1 unspecified atom stereocenters. The molecule has 2 fully saturated rings. The predicted molar refractivity (Wildman–Crippen MR) is 138 cm³/mol. The summed E-state index contributed by atoms with van der Waals surface area (Å²) in [5.41, 5.74) is 1.78. The number of guanidine groups is 1. The van der Waals surface area contributed by atoms with Crippen LogP contribution in [-0.4, -0.2) is 74.9 Å². The summed E-state index contributed by atoms with van der Waals surface area (Å²) in [6.45, 7) is 8.34. The van der Waals surface area contributed by atoms with E-state index in [-0.39, 0.29) is 35.9 Å². The Balaban J connectivity index is 0.00000289. The highest BCUT2D eigenvalue weighted by Gasteiger charge is 2.21. The molecule has 0 saturated carbocycles. The second-order valence-electron chi connectivity index (χ2n) is 7.98. The molecule has 9 heteroatoms. The van der Waals surface area contributed by atoms with Gasteiger partial charge >= 0.3 is 0 Å². The fraction of sp³-hybridized carbons (Fsp3) is 0.478. The maximum absolute atomic E-state index is 14.1. The van der Waals surface area contributed by atoms with E-state index >= 15 is 0 Å². The fourth-order valence-corrected chi connectivity index (χ4v) is 4.12. The molecule has 174 valence electrons. The van der Waals surface area contributed by atoms with Crippen LogP contribution in [0.3, 0.4) is 0 Å². The first-order valence-electron chi connectivity index (χ1n) is 10.9. The number of pyridine rings is 1. The second-order valence-corrected chi connectivity index (χ2v) is 7.98. The number of nitrogens with one attached hydrogen (secondary N) is 1. The number of anilines is 2. The Labute approximate surface area is 206 Å². The maximum atomic E-state index is 14.1. The van der Waals surface area contributed by atoms with E-state index in [1.165, 1.54) is 6.07 Å². The second kappa shape index (κ2) is 11.6. The Morgan fingerprint density at radius 2 is 1.91 bits per heavy atom. The van der Waals surface area contributed by atoms with Crippen molar-refractivity contribution in [1.29, 1.82) is 0 Å². The summed E-state index contributed by atoms with van der Waals surface area (Å²) in [5, 5.41) is 3.44. The number of para-hydroxylation sites is 1. The number of piperazine rings is 1. The van der Waals surface area contributed by atoms with Gasteiger partial charge in [-0.25, -0.2) is 9.37 Å². The molecular weight excluding hydrogens is 522 g/mol. The lowest BCUT2D eigenvalue weighted by atomic mass is 10.2. The first-order chi connectivity index (χ1) is 15.1. The molecule has 2 aliphatic rings. The lowest BCUT2D eigenvalue weighted by molar-refractivity contribution is 0.0529. The Kier molecular flexibility index (Phi) is 8.92. The van der Waals surface area contributed by atoms with Crippen LogP contribution >= 0.6 is 24.0 Å². The summed E-state index contributed by atoms with van der Waals surface area (Å²) in [4.78, 5) is 15.6. The van der Waals surface area contributed by atoms with Gasteiger partial charge in [-0.1, -0.05) is 18.2 Å². The molecule has 0 bridgehead atoms. The minimum absolute atomic E-state index is 0. The van der Waals surface area contributed by atoms with Gasteiger partial charge < -0.3 is 24.8 Å². The van der Waals surface area contributed by atoms with Crippen molar-refractivity contribution in [1.82, 2.24) is 15.2 Å². The minimum Gasteiger partial charge on any atom is -0.375 e. The van der Waals surface area contributed by atoms with E-state index in [9.17, 15) is 4.39 Å². The van der Waals surface area contributed by atoms with Crippen molar-refractivity contribution in [3.05, 3.63) is 54.0 Å². The molecule has 1 aromatic heterocycles. The highest BCUT2D eigenvalue weighted by atomic mass is 127. The highest BCUT2D eigenvalue weighted by Crippen LogP contribution is 2.20. The quantitative estimate of drug-likeness (QED) is 0.357. The van der Waals surface area contributed by atoms with Crippen molar-refractivity contribution in [2.45, 2.75) is 19.6 Å². The van der Waals surface area contributed by atoms with E-state index in [1.54, 1.807) is 13.1 Å². The van der Waals surface area contributed by atoms with E-state index < -0.39 is 0 Å². The van der Waals surface area contributed by atoms with Gasteiger partial charge in [0.25, 0.3) is 0 Å². The van der Waals surface area contributed by atoms with Gasteiger partial charge in [-0.3, -0.25) is 4.99 Å². The van der Waals surface area contributed by atoms with Crippen LogP contribution in [0.4, 0.5) is 15.9 Å². The molecular formula is C23H32FIN6O. The number of aliphatic imine (C=N–C) groups is 1. The first kappa shape index (κ1) is 24.5. The molecule has 7 nitrogen and oxygen atoms in total. The van der Waals surface area contributed by atoms with Gasteiger partial charge in [0.1, 0.15) is 11.6 Å². The zero-order valence-electron chi connectivity index (χ0n) is 18.7. The summed E-state index contributed by atoms with van der Waals surface area (Å²) in [5.74, 6) is 1.69. The molecule has 1 atom stereocenters. The molecule has 1 aromatic carbocycles. The molecule has 0 amide bonds. The van der Waals surface area contributed by atoms with Gasteiger partial charge in [-0.2, -0.15) is 0 Å². The summed E-state index contributed by atoms with van der Waals surface area (Å²) in [6.07, 6.45) is 2.16. The number of halogens is 2. The summed E-state index contributed by atoms with van der Waals surface area (Å²) in [7, 11) is 1.80. The van der Waals surface area contributed by atoms with Crippen molar-refractivity contribution in [2.75, 3.05) is 62.7 Å². The van der Waals surface area contributed by atoms with Crippen LogP contribution in [0.2, 0.25) is 0 Å². The van der Waals surface area contributed by atoms with Gasteiger partial charge in [0.05, 0.1) is 18.4 Å². The van der Waals surface area contributed by atoms with Crippen LogP contribution in [0, 0.1) is 5.82 Å². The third-order valence-corrected chi connectivity index (χ3v) is 5.81. The highest BCUT2D eigenvalue weighted by molar-refractivity contribution is 14.0. The lowest BCUT2D eigenvalue weighted by Crippen LogP contribution is -2.52. The zero-order valence-corrected chi connectivity index (χ0v) is 21.0. The van der Waals surface area contributed by atoms with Crippen molar-refractivity contribution >= 4 is 41.4 Å². The van der Waals surface area contributed by atoms with Gasteiger partial charge in [0.15, 0.2) is 5.96 Å². The molecule has 4 rings (SSSR count). The van der Waals surface area contributed by atoms with E-state index in [0.717, 1.165) is 63.2 Å². The van der Waals surface area contributed by atoms with E-state index in [4.69, 9.17) is 4.74 Å². The Hall–Kier alpha value is -2.14. The molecule has 2 saturated heterocycles. The Morgan fingerprint density at radius 3 is 2.56 bits per heavy atom. The average molecular weight is 554 g/mol. The zero-order chi connectivity index (χ0) is 21.6. The Morgan fingerprint density at radius 1 is 1.12 bits per heavy atom. The largest absolute Gasteiger partial charge is 0.375 e. The Bertz CT molecular complexity index is 888. The number of morpholine rings is 1. The normalized spacial score (nSPS) is 19.5. The minimum atomic E-state index is -0.166. The van der Waals surface area contributed by atoms with Crippen LogP contribution in [-0.2, 0) is 11.3 Å². The molecule has 2 aliphatic heterocycles. The molecule has 0 radical (unpaired) electrons. The van der Waals surface area contributed by atoms with Crippen molar-refractivity contribution < 1.29 is 9.13 Å². The summed E-state index contributed by atoms with van der Waals surface area (Å²) in [6, 6.07) is 11.1. The lowest BCUT2D eigenvalue weighted by Gasteiger charge is -2.37. The van der Waals surface area contributed by atoms with Gasteiger partial charge in [0.2, 0.25) is 0 Å². The SMILES string of the molecule is CN=C(NCc1ccc(N2CCOC(C)C2)nc1)N1CCN(c2ccccc2F)CC1.I. The fourth-order valence-electron chi connectivity index (χ4n) is 4.12. The van der Waals surface area contributed by atoms with Crippen LogP contribution in [0.15, 0.2) is 47.6 Å². The smallest absolute Gasteiger partial charge is 0.194 e. The van der Waals surface area contributed by atoms with Crippen LogP contribution in [0.5, 0.6) is 0 Å². The third-order valence-electron chi connectivity index (χ3n) is 5.81. The van der Waals surface area contributed by atoms with Crippen LogP contribution < -0.4 is 15.1 Å². The maximum Gasteiger partial charge on any atom is 0.194 e. The number of rotatable bonds is 4. The van der Waals surface area contributed by atoms with E-state index in [1.807, 2.05) is 18.3 Å². The topological polar surface area (TPSA) is 56.2 Å². The van der Waals surface area contributed by atoms with E-state index in [2.05, 4.69) is 49.0 Å². The van der Waals surface area contributed by atoms with Gasteiger partial charge in [-0.15, -0.1) is 24.0 Å². The number of benzene rings is 1. The van der Waals surface area contributed by atoms with Crippen molar-refractivity contribution in [3.63, 3.8) is 0 Å². The van der Waals surface area contributed by atoms with Crippen molar-refractivity contribution in [3.8, 4) is 0 Å². The van der Waals surface area contributed by atoms with Crippen LogP contribution in [0.1, 0.15) is 12.5 Å². The number of aromatic nitrogens is 1. The molecule has 3 heterocycles. The average Bonchev–Trinajstić information content (AvgIpc) is 2.81. The van der Waals surface area contributed by atoms with Crippen LogP contribution in [0.25, 0.3) is 0 Å². The molecule has 1 N–H and O–H groups in total. The monoisotopic (exact) mass is 554 g/mol. The standard InChI is InChI=1S/C23H31FN6O.HI/c1-18-17-30(13-14-31-18)22-8-7-19(15-26-22)16-27-23(25-2)29-11-9-28(10-12-29)21-6-4-3-5-20(21)24;/h3-8,15,18H,9-14,16-17H2,1-2H3,(H,25,27);1H. The first-order valence-corrected chi connectivity index (χ1v) is 10.9. The number of hydrogen-bond acceptors (Lipinski definition) is 5. The molecule has 32 heavy (non-hydrogen) atoms. The van der Waals surface area contributed by atoms with E-state index in [0.29, 0.717) is 12.2 Å². The predicted octanol–water partition coefficient (Wildman–Crippen LogP) is 2.96. The molecule has 0 spiro atoms. The summed E-state index contributed by atoms with van der Waals surface area (Å²) < 4.78 is 19.7. The molecule has 0 aliphatic carbocycles. The summed E-state index contributed by atoms with van der Waals surface area (Å²) >= 11 is 0. The van der Waals surface area contributed by atoms with Gasteiger partial charge in [0, 0.05) is 59.1 Å². The van der Waals surface area contributed by atoms with Gasteiger partial charge in [-0.05, 0) is 30.7 Å². The number of nitrogens with zero attached hydrogens (tertiary/aromatic N) is 5. The molecule has 2 aromatic rings. The third kappa shape index (κ3) is 6.00.